The molecular formula is C25H38N2O4. The van der Waals surface area contributed by atoms with Crippen molar-refractivity contribution >= 4 is 17.9 Å². The van der Waals surface area contributed by atoms with Crippen LogP contribution < -0.4 is 0 Å². The Labute approximate surface area is 186 Å². The zero-order valence-corrected chi connectivity index (χ0v) is 19.7. The van der Waals surface area contributed by atoms with Crippen LogP contribution >= 0.6 is 0 Å². The van der Waals surface area contributed by atoms with E-state index in [1.807, 2.05) is 56.1 Å². The highest BCUT2D eigenvalue weighted by Crippen LogP contribution is 2.30. The van der Waals surface area contributed by atoms with Gasteiger partial charge in [-0.05, 0) is 30.2 Å². The molecule has 0 aliphatic carbocycles. The molecule has 1 aromatic carbocycles. The summed E-state index contributed by atoms with van der Waals surface area (Å²) >= 11 is 0. The van der Waals surface area contributed by atoms with Crippen molar-refractivity contribution in [3.63, 3.8) is 0 Å². The van der Waals surface area contributed by atoms with Crippen LogP contribution in [-0.4, -0.2) is 47.9 Å². The molecule has 3 amide bonds. The Balaban J connectivity index is 1.80. The molecule has 1 saturated heterocycles. The van der Waals surface area contributed by atoms with E-state index in [1.165, 1.54) is 4.90 Å². The number of rotatable bonds is 11. The summed E-state index contributed by atoms with van der Waals surface area (Å²) < 4.78 is 5.18. The van der Waals surface area contributed by atoms with Gasteiger partial charge in [-0.15, -0.1) is 0 Å². The van der Waals surface area contributed by atoms with Crippen LogP contribution in [0, 0.1) is 17.8 Å². The van der Waals surface area contributed by atoms with Gasteiger partial charge in [0.25, 0.3) is 0 Å². The smallest absolute Gasteiger partial charge is 0.417 e. The number of hydrogen-bond donors (Lipinski definition) is 0. The number of nitrogens with zero attached hydrogens (tertiary/aromatic N) is 2. The molecule has 0 unspecified atom stereocenters. The van der Waals surface area contributed by atoms with Crippen molar-refractivity contribution in [1.82, 2.24) is 9.80 Å². The summed E-state index contributed by atoms with van der Waals surface area (Å²) in [6.07, 6.45) is 3.60. The molecule has 31 heavy (non-hydrogen) atoms. The van der Waals surface area contributed by atoms with E-state index in [1.54, 1.807) is 0 Å². The zero-order valence-electron chi connectivity index (χ0n) is 19.7. The second-order valence-corrected chi connectivity index (χ2v) is 8.99. The number of unbranched alkanes of at least 4 members (excludes halogenated alkanes) is 1. The van der Waals surface area contributed by atoms with E-state index >= 15 is 0 Å². The van der Waals surface area contributed by atoms with Gasteiger partial charge in [0.15, 0.2) is 0 Å². The summed E-state index contributed by atoms with van der Waals surface area (Å²) in [7, 11) is 1.87. The highest BCUT2D eigenvalue weighted by Gasteiger charge is 2.39. The summed E-state index contributed by atoms with van der Waals surface area (Å²) in [4.78, 5) is 40.4. The van der Waals surface area contributed by atoms with E-state index < -0.39 is 6.09 Å². The second-order valence-electron chi connectivity index (χ2n) is 8.99. The summed E-state index contributed by atoms with van der Waals surface area (Å²) in [5, 5.41) is 0. The van der Waals surface area contributed by atoms with Crippen LogP contribution in [-0.2, 0) is 14.3 Å². The molecule has 6 heteroatoms. The van der Waals surface area contributed by atoms with Crippen molar-refractivity contribution in [2.75, 3.05) is 20.2 Å². The Hall–Kier alpha value is -2.37. The Kier molecular flexibility index (Phi) is 9.53. The Morgan fingerprint density at radius 1 is 1.13 bits per heavy atom. The molecule has 1 fully saturated rings. The van der Waals surface area contributed by atoms with Gasteiger partial charge in [-0.2, -0.15) is 0 Å². The molecule has 0 saturated carbocycles. The van der Waals surface area contributed by atoms with Crippen LogP contribution in [0.5, 0.6) is 0 Å². The van der Waals surface area contributed by atoms with Crippen molar-refractivity contribution < 1.29 is 19.1 Å². The summed E-state index contributed by atoms with van der Waals surface area (Å²) in [6, 6.07) is 9.21. The van der Waals surface area contributed by atoms with Gasteiger partial charge >= 0.3 is 6.09 Å². The number of benzene rings is 1. The van der Waals surface area contributed by atoms with Crippen LogP contribution in [0.4, 0.5) is 4.79 Å². The SMILES string of the molecule is CC[C@@H](C)C(=O)N(C)CCCC[C@H](C)[C@H](C)CC(=O)N1C(=O)OC[C@H]1c1ccccc1. The lowest BCUT2D eigenvalue weighted by Crippen LogP contribution is -2.35. The molecule has 2 rings (SSSR count). The van der Waals surface area contributed by atoms with Crippen LogP contribution in [0.1, 0.15) is 71.4 Å². The number of ether oxygens (including phenoxy) is 1. The van der Waals surface area contributed by atoms with Crippen molar-refractivity contribution in [3.8, 4) is 0 Å². The van der Waals surface area contributed by atoms with Gasteiger partial charge in [0.1, 0.15) is 12.6 Å². The topological polar surface area (TPSA) is 66.9 Å². The average Bonchev–Trinajstić information content (AvgIpc) is 3.17. The van der Waals surface area contributed by atoms with E-state index in [0.29, 0.717) is 12.3 Å². The standard InChI is InChI=1S/C25H38N2O4/c1-6-18(2)24(29)26(5)15-11-10-12-19(3)20(4)16-23(28)27-22(17-31-25(27)30)21-13-8-7-9-14-21/h7-9,13-14,18-20,22H,6,10-12,15-17H2,1-5H3/t18-,19+,20-,22+/m1/s1. The number of cyclic esters (lactones) is 1. The first-order chi connectivity index (χ1) is 14.8. The number of imide groups is 1. The van der Waals surface area contributed by atoms with Gasteiger partial charge in [0, 0.05) is 25.9 Å². The fourth-order valence-corrected chi connectivity index (χ4v) is 3.95. The number of amides is 3. The fourth-order valence-electron chi connectivity index (χ4n) is 3.95. The molecule has 4 atom stereocenters. The molecule has 0 bridgehead atoms. The number of carbonyl (C=O) groups is 3. The summed E-state index contributed by atoms with van der Waals surface area (Å²) in [5.41, 5.74) is 0.915. The maximum Gasteiger partial charge on any atom is 0.417 e. The van der Waals surface area contributed by atoms with E-state index in [2.05, 4.69) is 13.8 Å². The Morgan fingerprint density at radius 2 is 1.81 bits per heavy atom. The van der Waals surface area contributed by atoms with Crippen LogP contribution in [0.2, 0.25) is 0 Å². The van der Waals surface area contributed by atoms with Gasteiger partial charge in [-0.25, -0.2) is 9.69 Å². The van der Waals surface area contributed by atoms with Gasteiger partial charge in [0.05, 0.1) is 0 Å². The lowest BCUT2D eigenvalue weighted by Gasteiger charge is -2.25. The Morgan fingerprint density at radius 3 is 2.45 bits per heavy atom. The molecule has 1 aliphatic rings. The molecule has 0 spiro atoms. The predicted octanol–water partition coefficient (Wildman–Crippen LogP) is 5.04. The molecule has 1 aliphatic heterocycles. The maximum atomic E-state index is 12.9. The second kappa shape index (κ2) is 11.9. The lowest BCUT2D eigenvalue weighted by molar-refractivity contribution is -0.134. The van der Waals surface area contributed by atoms with Crippen LogP contribution in [0.25, 0.3) is 0 Å². The third-order valence-corrected chi connectivity index (χ3v) is 6.61. The average molecular weight is 431 g/mol. The normalized spacial score (nSPS) is 18.9. The highest BCUT2D eigenvalue weighted by atomic mass is 16.6. The molecule has 1 aromatic rings. The first kappa shape index (κ1) is 24.9. The molecule has 172 valence electrons. The number of carbonyl (C=O) groups excluding carboxylic acids is 3. The lowest BCUT2D eigenvalue weighted by atomic mass is 9.88. The van der Waals surface area contributed by atoms with Crippen molar-refractivity contribution in [3.05, 3.63) is 35.9 Å². The van der Waals surface area contributed by atoms with Gasteiger partial charge < -0.3 is 9.64 Å². The van der Waals surface area contributed by atoms with Crippen LogP contribution in [0.15, 0.2) is 30.3 Å². The van der Waals surface area contributed by atoms with E-state index in [-0.39, 0.29) is 36.3 Å². The van der Waals surface area contributed by atoms with E-state index in [0.717, 1.165) is 37.8 Å². The summed E-state index contributed by atoms with van der Waals surface area (Å²) in [6.45, 7) is 9.20. The minimum atomic E-state index is -0.548. The monoisotopic (exact) mass is 430 g/mol. The molecular weight excluding hydrogens is 392 g/mol. The first-order valence-electron chi connectivity index (χ1n) is 11.5. The predicted molar refractivity (Wildman–Crippen MR) is 121 cm³/mol. The number of hydrogen-bond acceptors (Lipinski definition) is 4. The minimum absolute atomic E-state index is 0.0759. The maximum absolute atomic E-state index is 12.9. The van der Waals surface area contributed by atoms with Gasteiger partial charge in [-0.1, -0.05) is 70.9 Å². The van der Waals surface area contributed by atoms with Crippen LogP contribution in [0.3, 0.4) is 0 Å². The zero-order chi connectivity index (χ0) is 23.0. The van der Waals surface area contributed by atoms with Crippen molar-refractivity contribution in [2.24, 2.45) is 17.8 Å². The van der Waals surface area contributed by atoms with Crippen molar-refractivity contribution in [2.45, 2.75) is 65.8 Å². The molecule has 0 radical (unpaired) electrons. The summed E-state index contributed by atoms with van der Waals surface area (Å²) in [5.74, 6) is 0.631. The third-order valence-electron chi connectivity index (χ3n) is 6.61. The van der Waals surface area contributed by atoms with Crippen molar-refractivity contribution in [1.29, 1.82) is 0 Å². The molecule has 6 nitrogen and oxygen atoms in total. The third kappa shape index (κ3) is 6.81. The quantitative estimate of drug-likeness (QED) is 0.461. The van der Waals surface area contributed by atoms with E-state index in [9.17, 15) is 14.4 Å². The molecule has 1 heterocycles. The van der Waals surface area contributed by atoms with Gasteiger partial charge in [-0.3, -0.25) is 9.59 Å². The van der Waals surface area contributed by atoms with E-state index in [4.69, 9.17) is 4.74 Å². The fraction of sp³-hybridized carbons (Fsp3) is 0.640. The minimum Gasteiger partial charge on any atom is -0.446 e. The molecule has 0 N–H and O–H groups in total. The Bertz CT molecular complexity index is 736. The van der Waals surface area contributed by atoms with Gasteiger partial charge in [0.2, 0.25) is 11.8 Å². The first-order valence-corrected chi connectivity index (χ1v) is 11.5. The molecule has 0 aromatic heterocycles. The highest BCUT2D eigenvalue weighted by molar-refractivity contribution is 5.93. The largest absolute Gasteiger partial charge is 0.446 e.